The molecule has 24 heavy (non-hydrogen) atoms. The molecular formula is C17H26ClN3O3. The normalized spacial score (nSPS) is 16.2. The molecule has 1 aromatic rings. The Labute approximate surface area is 149 Å². The van der Waals surface area contributed by atoms with Crippen molar-refractivity contribution in [2.24, 2.45) is 5.92 Å². The fraction of sp³-hybridized carbons (Fsp3) is 0.529. The third kappa shape index (κ3) is 6.76. The van der Waals surface area contributed by atoms with Gasteiger partial charge in [-0.05, 0) is 56.1 Å². The number of hydrogen-bond donors (Lipinski definition) is 2. The molecule has 0 aromatic heterocycles. The van der Waals surface area contributed by atoms with Crippen molar-refractivity contribution in [2.75, 3.05) is 39.1 Å². The van der Waals surface area contributed by atoms with Crippen molar-refractivity contribution >= 4 is 29.9 Å². The van der Waals surface area contributed by atoms with E-state index in [4.69, 9.17) is 4.74 Å². The second kappa shape index (κ2) is 10.2. The van der Waals surface area contributed by atoms with Gasteiger partial charge >= 0.3 is 0 Å². The van der Waals surface area contributed by atoms with E-state index in [9.17, 15) is 9.59 Å². The maximum atomic E-state index is 11.9. The minimum absolute atomic E-state index is 0. The Hall–Kier alpha value is -1.79. The predicted molar refractivity (Wildman–Crippen MR) is 96.7 cm³/mol. The van der Waals surface area contributed by atoms with Crippen molar-refractivity contribution in [3.8, 4) is 5.75 Å². The van der Waals surface area contributed by atoms with Crippen LogP contribution in [0.25, 0.3) is 0 Å². The molecule has 0 bridgehead atoms. The summed E-state index contributed by atoms with van der Waals surface area (Å²) in [6.07, 6.45) is 2.62. The molecule has 1 aromatic carbocycles. The van der Waals surface area contributed by atoms with E-state index in [1.165, 1.54) is 4.90 Å². The van der Waals surface area contributed by atoms with Crippen LogP contribution in [0.1, 0.15) is 19.3 Å². The lowest BCUT2D eigenvalue weighted by Gasteiger charge is -2.12. The number of ether oxygens (including phenoxy) is 1. The van der Waals surface area contributed by atoms with Crippen LogP contribution in [0.5, 0.6) is 5.75 Å². The smallest absolute Gasteiger partial charge is 0.259 e. The lowest BCUT2D eigenvalue weighted by Crippen LogP contribution is -2.27. The summed E-state index contributed by atoms with van der Waals surface area (Å²) < 4.78 is 5.39. The molecule has 1 fully saturated rings. The fourth-order valence-electron chi connectivity index (χ4n) is 2.43. The molecule has 0 saturated carbocycles. The van der Waals surface area contributed by atoms with Crippen LogP contribution in [-0.2, 0) is 9.59 Å². The Bertz CT molecular complexity index is 528. The lowest BCUT2D eigenvalue weighted by atomic mass is 10.0. The summed E-state index contributed by atoms with van der Waals surface area (Å²) in [7, 11) is 3.37. The zero-order valence-electron chi connectivity index (χ0n) is 14.2. The first-order valence-corrected chi connectivity index (χ1v) is 7.98. The highest BCUT2D eigenvalue weighted by molar-refractivity contribution is 5.90. The monoisotopic (exact) mass is 355 g/mol. The van der Waals surface area contributed by atoms with Crippen LogP contribution in [0.3, 0.4) is 0 Å². The summed E-state index contributed by atoms with van der Waals surface area (Å²) in [6, 6.07) is 7.06. The number of benzene rings is 1. The largest absolute Gasteiger partial charge is 0.484 e. The van der Waals surface area contributed by atoms with Gasteiger partial charge in [0.25, 0.3) is 5.91 Å². The first-order chi connectivity index (χ1) is 11.0. The number of amides is 2. The van der Waals surface area contributed by atoms with Crippen molar-refractivity contribution in [1.82, 2.24) is 10.2 Å². The number of carbonyl (C=O) groups is 2. The van der Waals surface area contributed by atoms with Gasteiger partial charge in [0.05, 0.1) is 0 Å². The van der Waals surface area contributed by atoms with Gasteiger partial charge in [-0.25, -0.2) is 0 Å². The number of anilines is 1. The number of likely N-dealkylation sites (N-methyl/N-ethyl adjacent to an activating group) is 1. The molecule has 6 nitrogen and oxygen atoms in total. The molecule has 1 saturated heterocycles. The number of halogens is 1. The van der Waals surface area contributed by atoms with Crippen LogP contribution >= 0.6 is 12.4 Å². The molecule has 1 unspecified atom stereocenters. The van der Waals surface area contributed by atoms with Crippen LogP contribution < -0.4 is 15.4 Å². The second-order valence-electron chi connectivity index (χ2n) is 6.05. The number of rotatable bonds is 7. The summed E-state index contributed by atoms with van der Waals surface area (Å²) in [5, 5.41) is 6.19. The number of nitrogens with zero attached hydrogens (tertiary/aromatic N) is 1. The SMILES string of the molecule is CN(C)C(=O)COc1ccc(NC(=O)CCC2CCNC2)cc1.Cl. The van der Waals surface area contributed by atoms with E-state index >= 15 is 0 Å². The standard InChI is InChI=1S/C17H25N3O3.ClH/c1-20(2)17(22)12-23-15-6-4-14(5-7-15)19-16(21)8-3-13-9-10-18-11-13;/h4-7,13,18H,3,8-12H2,1-2H3,(H,19,21);1H. The van der Waals surface area contributed by atoms with Gasteiger partial charge in [-0.15, -0.1) is 12.4 Å². The van der Waals surface area contributed by atoms with Crippen LogP contribution in [-0.4, -0.2) is 50.5 Å². The van der Waals surface area contributed by atoms with Gasteiger partial charge < -0.3 is 20.3 Å². The molecule has 2 N–H and O–H groups in total. The number of carbonyl (C=O) groups excluding carboxylic acids is 2. The average molecular weight is 356 g/mol. The molecule has 1 atom stereocenters. The van der Waals surface area contributed by atoms with Crippen molar-refractivity contribution in [3.63, 3.8) is 0 Å². The molecule has 1 aliphatic rings. The summed E-state index contributed by atoms with van der Waals surface area (Å²) in [6.45, 7) is 2.09. The molecular weight excluding hydrogens is 330 g/mol. The summed E-state index contributed by atoms with van der Waals surface area (Å²) >= 11 is 0. The Morgan fingerprint density at radius 1 is 1.29 bits per heavy atom. The first-order valence-electron chi connectivity index (χ1n) is 7.98. The Balaban J connectivity index is 0.00000288. The van der Waals surface area contributed by atoms with E-state index in [2.05, 4.69) is 10.6 Å². The molecule has 7 heteroatoms. The molecule has 134 valence electrons. The zero-order chi connectivity index (χ0) is 16.7. The topological polar surface area (TPSA) is 70.7 Å². The van der Waals surface area contributed by atoms with E-state index in [1.54, 1.807) is 38.4 Å². The van der Waals surface area contributed by atoms with Gasteiger partial charge in [-0.3, -0.25) is 9.59 Å². The maximum absolute atomic E-state index is 11.9. The Morgan fingerprint density at radius 3 is 2.58 bits per heavy atom. The van der Waals surface area contributed by atoms with Crippen LogP contribution in [0.2, 0.25) is 0 Å². The zero-order valence-corrected chi connectivity index (χ0v) is 15.0. The van der Waals surface area contributed by atoms with Crippen LogP contribution in [0, 0.1) is 5.92 Å². The summed E-state index contributed by atoms with van der Waals surface area (Å²) in [5.41, 5.74) is 0.742. The van der Waals surface area contributed by atoms with Crippen LogP contribution in [0.15, 0.2) is 24.3 Å². The summed E-state index contributed by atoms with van der Waals surface area (Å²) in [4.78, 5) is 24.9. The highest BCUT2D eigenvalue weighted by Crippen LogP contribution is 2.18. The molecule has 0 radical (unpaired) electrons. The third-order valence-electron chi connectivity index (χ3n) is 3.94. The molecule has 1 heterocycles. The quantitative estimate of drug-likeness (QED) is 0.783. The van der Waals surface area contributed by atoms with Gasteiger partial charge in [0.1, 0.15) is 5.75 Å². The highest BCUT2D eigenvalue weighted by atomic mass is 35.5. The van der Waals surface area contributed by atoms with Gasteiger partial charge in [0.2, 0.25) is 5.91 Å². The lowest BCUT2D eigenvalue weighted by molar-refractivity contribution is -0.130. The van der Waals surface area contributed by atoms with E-state index in [-0.39, 0.29) is 30.8 Å². The van der Waals surface area contributed by atoms with E-state index in [0.717, 1.165) is 31.6 Å². The van der Waals surface area contributed by atoms with Gasteiger partial charge in [0, 0.05) is 26.2 Å². The van der Waals surface area contributed by atoms with Crippen molar-refractivity contribution in [3.05, 3.63) is 24.3 Å². The first kappa shape index (κ1) is 20.3. The number of hydrogen-bond acceptors (Lipinski definition) is 4. The minimum Gasteiger partial charge on any atom is -0.484 e. The molecule has 2 rings (SSSR count). The molecule has 0 spiro atoms. The molecule has 0 aliphatic carbocycles. The highest BCUT2D eigenvalue weighted by Gasteiger charge is 2.15. The van der Waals surface area contributed by atoms with Crippen molar-refractivity contribution in [1.29, 1.82) is 0 Å². The maximum Gasteiger partial charge on any atom is 0.259 e. The third-order valence-corrected chi connectivity index (χ3v) is 3.94. The van der Waals surface area contributed by atoms with E-state index < -0.39 is 0 Å². The predicted octanol–water partition coefficient (Wildman–Crippen LogP) is 1.90. The van der Waals surface area contributed by atoms with Gasteiger partial charge in [0.15, 0.2) is 6.61 Å². The molecule has 2 amide bonds. The second-order valence-corrected chi connectivity index (χ2v) is 6.05. The Morgan fingerprint density at radius 2 is 2.00 bits per heavy atom. The number of nitrogens with one attached hydrogen (secondary N) is 2. The van der Waals surface area contributed by atoms with E-state index in [0.29, 0.717) is 18.1 Å². The van der Waals surface area contributed by atoms with Crippen molar-refractivity contribution < 1.29 is 14.3 Å². The summed E-state index contributed by atoms with van der Waals surface area (Å²) in [5.74, 6) is 1.16. The van der Waals surface area contributed by atoms with E-state index in [1.807, 2.05) is 0 Å². The van der Waals surface area contributed by atoms with Crippen LogP contribution in [0.4, 0.5) is 5.69 Å². The average Bonchev–Trinajstić information content (AvgIpc) is 3.05. The Kier molecular flexibility index (Phi) is 8.57. The van der Waals surface area contributed by atoms with Crippen molar-refractivity contribution in [2.45, 2.75) is 19.3 Å². The minimum atomic E-state index is -0.0937. The molecule has 1 aliphatic heterocycles. The van der Waals surface area contributed by atoms with Gasteiger partial charge in [-0.1, -0.05) is 0 Å². The fourth-order valence-corrected chi connectivity index (χ4v) is 2.43. The van der Waals surface area contributed by atoms with Gasteiger partial charge in [-0.2, -0.15) is 0 Å².